The molecule has 2 aromatic rings. The molecule has 0 saturated heterocycles. The number of nitrogens with zero attached hydrogens (tertiary/aromatic N) is 4. The zero-order chi connectivity index (χ0) is 12.7. The Bertz CT molecular complexity index is 652. The number of carbonyl (C=O) groups is 1. The zero-order valence-corrected chi connectivity index (χ0v) is 9.84. The van der Waals surface area contributed by atoms with Gasteiger partial charge in [0.15, 0.2) is 5.69 Å². The minimum atomic E-state index is -0.692. The van der Waals surface area contributed by atoms with Crippen molar-refractivity contribution in [2.24, 2.45) is 12.8 Å². The number of amides is 1. The van der Waals surface area contributed by atoms with Crippen LogP contribution in [0.5, 0.6) is 0 Å². The molecule has 1 amide bonds. The molecule has 2 heterocycles. The summed E-state index contributed by atoms with van der Waals surface area (Å²) in [6, 6.07) is -0.153. The molecule has 0 bridgehead atoms. The monoisotopic (exact) mass is 235 g/mol. The van der Waals surface area contributed by atoms with Crippen LogP contribution in [0.25, 0.3) is 11.0 Å². The summed E-state index contributed by atoms with van der Waals surface area (Å²) in [6.07, 6.45) is 1.46. The summed E-state index contributed by atoms with van der Waals surface area (Å²) < 4.78 is 2.80. The van der Waals surface area contributed by atoms with Crippen molar-refractivity contribution in [2.75, 3.05) is 0 Å². The second-order valence-electron chi connectivity index (χ2n) is 4.11. The first-order chi connectivity index (χ1) is 7.93. The molecule has 0 radical (unpaired) electrons. The van der Waals surface area contributed by atoms with Crippen molar-refractivity contribution in [1.29, 1.82) is 0 Å². The molecule has 0 atom stereocenters. The number of carbonyl (C=O) groups excluding carboxylic acids is 1. The molecule has 7 nitrogen and oxygen atoms in total. The lowest BCUT2D eigenvalue weighted by molar-refractivity contribution is 0.0994. The normalized spacial score (nSPS) is 11.3. The van der Waals surface area contributed by atoms with Gasteiger partial charge in [0.25, 0.3) is 11.5 Å². The van der Waals surface area contributed by atoms with Crippen LogP contribution in [0.1, 0.15) is 30.4 Å². The maximum absolute atomic E-state index is 12.1. The summed E-state index contributed by atoms with van der Waals surface area (Å²) in [4.78, 5) is 27.4. The molecular weight excluding hydrogens is 222 g/mol. The number of aromatic nitrogens is 4. The molecule has 2 N–H and O–H groups in total. The molecule has 17 heavy (non-hydrogen) atoms. The maximum Gasteiger partial charge on any atom is 0.293 e. The van der Waals surface area contributed by atoms with Gasteiger partial charge in [-0.2, -0.15) is 5.10 Å². The molecule has 90 valence electrons. The van der Waals surface area contributed by atoms with Crippen molar-refractivity contribution in [2.45, 2.75) is 19.9 Å². The lowest BCUT2D eigenvalue weighted by Crippen LogP contribution is -2.29. The fourth-order valence-electron chi connectivity index (χ4n) is 1.68. The van der Waals surface area contributed by atoms with Gasteiger partial charge in [0.05, 0.1) is 12.4 Å². The number of nitrogens with two attached hydrogens (primary N) is 1. The van der Waals surface area contributed by atoms with Crippen molar-refractivity contribution < 1.29 is 4.79 Å². The second-order valence-corrected chi connectivity index (χ2v) is 4.11. The van der Waals surface area contributed by atoms with Crippen molar-refractivity contribution in [3.05, 3.63) is 22.4 Å². The van der Waals surface area contributed by atoms with Crippen LogP contribution in [0.4, 0.5) is 0 Å². The summed E-state index contributed by atoms with van der Waals surface area (Å²) in [5.41, 5.74) is 5.57. The number of hydrogen-bond donors (Lipinski definition) is 1. The number of aryl methyl sites for hydroxylation is 1. The molecule has 0 aliphatic carbocycles. The molecule has 0 unspecified atom stereocenters. The maximum atomic E-state index is 12.1. The Hall–Kier alpha value is -2.18. The van der Waals surface area contributed by atoms with Gasteiger partial charge < -0.3 is 10.3 Å². The molecular formula is C10H13N5O2. The van der Waals surface area contributed by atoms with E-state index in [1.54, 1.807) is 25.5 Å². The van der Waals surface area contributed by atoms with Crippen molar-refractivity contribution >= 4 is 16.9 Å². The molecule has 0 saturated carbocycles. The van der Waals surface area contributed by atoms with Gasteiger partial charge in [-0.3, -0.25) is 9.59 Å². The minimum Gasteiger partial charge on any atom is -0.364 e. The van der Waals surface area contributed by atoms with Crippen LogP contribution >= 0.6 is 0 Å². The van der Waals surface area contributed by atoms with E-state index >= 15 is 0 Å². The third-order valence-corrected chi connectivity index (χ3v) is 2.50. The fourth-order valence-corrected chi connectivity index (χ4v) is 1.68. The summed E-state index contributed by atoms with van der Waals surface area (Å²) in [7, 11) is 1.69. The average molecular weight is 235 g/mol. The van der Waals surface area contributed by atoms with E-state index in [9.17, 15) is 9.59 Å². The van der Waals surface area contributed by atoms with E-state index in [4.69, 9.17) is 5.73 Å². The average Bonchev–Trinajstić information content (AvgIpc) is 2.61. The van der Waals surface area contributed by atoms with E-state index in [0.717, 1.165) is 0 Å². The Labute approximate surface area is 96.9 Å². The van der Waals surface area contributed by atoms with Crippen LogP contribution in [-0.4, -0.2) is 25.2 Å². The molecule has 7 heteroatoms. The summed E-state index contributed by atoms with van der Waals surface area (Å²) >= 11 is 0. The highest BCUT2D eigenvalue weighted by atomic mass is 16.1. The van der Waals surface area contributed by atoms with Crippen LogP contribution < -0.4 is 11.3 Å². The lowest BCUT2D eigenvalue weighted by Gasteiger charge is -2.10. The first-order valence-corrected chi connectivity index (χ1v) is 5.17. The molecule has 2 rings (SSSR count). The predicted molar refractivity (Wildman–Crippen MR) is 61.7 cm³/mol. The number of imidazole rings is 1. The third kappa shape index (κ3) is 1.59. The smallest absolute Gasteiger partial charge is 0.293 e. The van der Waals surface area contributed by atoms with Crippen LogP contribution in [0, 0.1) is 0 Å². The Balaban J connectivity index is 2.97. The fraction of sp³-hybridized carbons (Fsp3) is 0.400. The van der Waals surface area contributed by atoms with Crippen LogP contribution in [0.3, 0.4) is 0 Å². The van der Waals surface area contributed by atoms with Crippen LogP contribution in [0.2, 0.25) is 0 Å². The van der Waals surface area contributed by atoms with Crippen molar-refractivity contribution in [1.82, 2.24) is 19.3 Å². The summed E-state index contributed by atoms with van der Waals surface area (Å²) in [5, 5.41) is 3.97. The number of primary amides is 1. The summed E-state index contributed by atoms with van der Waals surface area (Å²) in [6.45, 7) is 3.61. The highest BCUT2D eigenvalue weighted by molar-refractivity contribution is 6.01. The Morgan fingerprint density at radius 1 is 1.47 bits per heavy atom. The van der Waals surface area contributed by atoms with Crippen LogP contribution in [0.15, 0.2) is 11.1 Å². The Kier molecular flexibility index (Phi) is 2.45. The molecule has 0 fully saturated rings. The lowest BCUT2D eigenvalue weighted by atomic mass is 10.3. The van der Waals surface area contributed by atoms with Gasteiger partial charge in [-0.25, -0.2) is 9.67 Å². The van der Waals surface area contributed by atoms with E-state index < -0.39 is 5.91 Å². The number of rotatable bonds is 2. The minimum absolute atomic E-state index is 0.0221. The number of hydrogen-bond acceptors (Lipinski definition) is 4. The van der Waals surface area contributed by atoms with Gasteiger partial charge in [0.2, 0.25) is 0 Å². The van der Waals surface area contributed by atoms with Gasteiger partial charge in [-0.05, 0) is 13.8 Å². The molecule has 0 spiro atoms. The van der Waals surface area contributed by atoms with Gasteiger partial charge in [0, 0.05) is 7.05 Å². The topological polar surface area (TPSA) is 95.8 Å². The summed E-state index contributed by atoms with van der Waals surface area (Å²) in [5.74, 6) is -0.692. The molecule has 0 aromatic carbocycles. The van der Waals surface area contributed by atoms with E-state index in [2.05, 4.69) is 10.1 Å². The van der Waals surface area contributed by atoms with E-state index in [1.165, 1.54) is 11.0 Å². The highest BCUT2D eigenvalue weighted by Gasteiger charge is 2.19. The largest absolute Gasteiger partial charge is 0.364 e. The van der Waals surface area contributed by atoms with E-state index in [0.29, 0.717) is 5.52 Å². The van der Waals surface area contributed by atoms with Gasteiger partial charge in [0.1, 0.15) is 11.0 Å². The molecule has 0 aliphatic rings. The second kappa shape index (κ2) is 3.69. The predicted octanol–water partition coefficient (Wildman–Crippen LogP) is -0.190. The van der Waals surface area contributed by atoms with Gasteiger partial charge >= 0.3 is 0 Å². The first kappa shape index (κ1) is 11.3. The van der Waals surface area contributed by atoms with Gasteiger partial charge in [-0.15, -0.1) is 0 Å². The third-order valence-electron chi connectivity index (χ3n) is 2.50. The van der Waals surface area contributed by atoms with E-state index in [-0.39, 0.29) is 22.8 Å². The number of fused-ring (bicyclic) bond motifs is 1. The highest BCUT2D eigenvalue weighted by Crippen LogP contribution is 2.11. The van der Waals surface area contributed by atoms with E-state index in [1.807, 2.05) is 0 Å². The molecule has 2 aromatic heterocycles. The van der Waals surface area contributed by atoms with Crippen LogP contribution in [-0.2, 0) is 7.05 Å². The van der Waals surface area contributed by atoms with Crippen molar-refractivity contribution in [3.8, 4) is 0 Å². The Morgan fingerprint density at radius 3 is 2.65 bits per heavy atom. The standard InChI is InChI=1S/C10H13N5O2/c1-5(2)15-10(17)8-6(12-4-14(8)3)7(13-15)9(11)16/h4-5H,1-3H3,(H2,11,16). The van der Waals surface area contributed by atoms with Crippen molar-refractivity contribution in [3.63, 3.8) is 0 Å². The first-order valence-electron chi connectivity index (χ1n) is 5.17. The van der Waals surface area contributed by atoms with Gasteiger partial charge in [-0.1, -0.05) is 0 Å². The Morgan fingerprint density at radius 2 is 2.12 bits per heavy atom. The quantitative estimate of drug-likeness (QED) is 0.780. The molecule has 0 aliphatic heterocycles. The SMILES string of the molecule is CC(C)n1nc(C(N)=O)c2ncn(C)c2c1=O. The zero-order valence-electron chi connectivity index (χ0n) is 9.84.